The molecule has 1 aromatic rings. The lowest BCUT2D eigenvalue weighted by Crippen LogP contribution is -2.38. The lowest BCUT2D eigenvalue weighted by molar-refractivity contribution is -0.144. The van der Waals surface area contributed by atoms with Gasteiger partial charge in [0.2, 0.25) is 0 Å². The molecule has 0 aliphatic rings. The molecule has 9 nitrogen and oxygen atoms in total. The first kappa shape index (κ1) is 17.5. The highest BCUT2D eigenvalue weighted by Gasteiger charge is 2.28. The maximum absolute atomic E-state index is 11.3. The number of carbonyl (C=O) groups is 1. The van der Waals surface area contributed by atoms with Crippen LogP contribution in [0.25, 0.3) is 0 Å². The van der Waals surface area contributed by atoms with Crippen molar-refractivity contribution in [2.75, 3.05) is 33.0 Å². The van der Waals surface area contributed by atoms with Crippen molar-refractivity contribution < 1.29 is 29.6 Å². The van der Waals surface area contributed by atoms with Gasteiger partial charge >= 0.3 is 5.97 Å². The first-order valence-electron chi connectivity index (χ1n) is 6.54. The van der Waals surface area contributed by atoms with Crippen LogP contribution >= 0.6 is 0 Å². The SMILES string of the molecule is CCOC(=O)Cn1cc(COCC(CO)(CO)CO)nn1. The van der Waals surface area contributed by atoms with E-state index in [4.69, 9.17) is 24.8 Å². The van der Waals surface area contributed by atoms with Crippen molar-refractivity contribution in [1.82, 2.24) is 15.0 Å². The Bertz CT molecular complexity index is 424. The minimum atomic E-state index is -1.08. The monoisotopic (exact) mass is 303 g/mol. The summed E-state index contributed by atoms with van der Waals surface area (Å²) in [4.78, 5) is 11.3. The van der Waals surface area contributed by atoms with Crippen LogP contribution in [0.1, 0.15) is 12.6 Å². The molecule has 0 atom stereocenters. The van der Waals surface area contributed by atoms with Crippen molar-refractivity contribution in [1.29, 1.82) is 0 Å². The van der Waals surface area contributed by atoms with Crippen LogP contribution in [0, 0.1) is 5.41 Å². The van der Waals surface area contributed by atoms with Crippen molar-refractivity contribution in [2.24, 2.45) is 5.41 Å². The van der Waals surface area contributed by atoms with Crippen LogP contribution in [0.4, 0.5) is 0 Å². The molecular formula is C12H21N3O6. The predicted molar refractivity (Wildman–Crippen MR) is 70.0 cm³/mol. The zero-order chi connectivity index (χ0) is 15.7. The van der Waals surface area contributed by atoms with E-state index in [1.54, 1.807) is 6.92 Å². The minimum Gasteiger partial charge on any atom is -0.465 e. The van der Waals surface area contributed by atoms with Gasteiger partial charge < -0.3 is 24.8 Å². The smallest absolute Gasteiger partial charge is 0.327 e. The largest absolute Gasteiger partial charge is 0.465 e. The summed E-state index contributed by atoms with van der Waals surface area (Å²) in [5, 5.41) is 35.0. The van der Waals surface area contributed by atoms with E-state index in [2.05, 4.69) is 10.3 Å². The summed E-state index contributed by atoms with van der Waals surface area (Å²) in [6.07, 6.45) is 1.54. The summed E-state index contributed by atoms with van der Waals surface area (Å²) in [5.74, 6) is -0.408. The molecule has 0 fully saturated rings. The van der Waals surface area contributed by atoms with Crippen LogP contribution in [0.3, 0.4) is 0 Å². The molecule has 0 aliphatic carbocycles. The lowest BCUT2D eigenvalue weighted by Gasteiger charge is -2.26. The van der Waals surface area contributed by atoms with E-state index in [1.807, 2.05) is 0 Å². The van der Waals surface area contributed by atoms with Crippen molar-refractivity contribution in [3.05, 3.63) is 11.9 Å². The van der Waals surface area contributed by atoms with Gasteiger partial charge in [0, 0.05) is 0 Å². The Morgan fingerprint density at radius 3 is 2.57 bits per heavy atom. The molecule has 0 saturated heterocycles. The van der Waals surface area contributed by atoms with Crippen LogP contribution in [0.5, 0.6) is 0 Å². The summed E-state index contributed by atoms with van der Waals surface area (Å²) in [7, 11) is 0. The summed E-state index contributed by atoms with van der Waals surface area (Å²) in [5.41, 5.74) is -0.594. The number of hydrogen-bond acceptors (Lipinski definition) is 8. The Hall–Kier alpha value is -1.55. The number of carbonyl (C=O) groups excluding carboxylic acids is 1. The molecule has 0 unspecified atom stereocenters. The zero-order valence-electron chi connectivity index (χ0n) is 11.9. The summed E-state index contributed by atoms with van der Waals surface area (Å²) in [6, 6.07) is 0. The second-order valence-electron chi connectivity index (χ2n) is 4.68. The molecule has 1 rings (SSSR count). The van der Waals surface area contributed by atoms with Crippen LogP contribution in [0.15, 0.2) is 6.20 Å². The summed E-state index contributed by atoms with van der Waals surface area (Å²) >= 11 is 0. The van der Waals surface area contributed by atoms with E-state index >= 15 is 0 Å². The van der Waals surface area contributed by atoms with Crippen molar-refractivity contribution in [2.45, 2.75) is 20.1 Å². The van der Waals surface area contributed by atoms with E-state index in [9.17, 15) is 4.79 Å². The van der Waals surface area contributed by atoms with Gasteiger partial charge in [-0.05, 0) is 6.92 Å². The first-order chi connectivity index (χ1) is 10.1. The van der Waals surface area contributed by atoms with Gasteiger partial charge in [-0.3, -0.25) is 4.79 Å². The molecule has 0 amide bonds. The molecule has 0 aromatic carbocycles. The van der Waals surface area contributed by atoms with Gasteiger partial charge in [-0.25, -0.2) is 4.68 Å². The molecule has 0 radical (unpaired) electrons. The van der Waals surface area contributed by atoms with E-state index in [0.717, 1.165) is 0 Å². The topological polar surface area (TPSA) is 127 Å². The van der Waals surface area contributed by atoms with Crippen LogP contribution < -0.4 is 0 Å². The molecule has 120 valence electrons. The van der Waals surface area contributed by atoms with E-state index < -0.39 is 31.2 Å². The van der Waals surface area contributed by atoms with Crippen molar-refractivity contribution in [3.63, 3.8) is 0 Å². The molecule has 3 N–H and O–H groups in total. The third-order valence-corrected chi connectivity index (χ3v) is 2.85. The number of nitrogens with zero attached hydrogens (tertiary/aromatic N) is 3. The fraction of sp³-hybridized carbons (Fsp3) is 0.750. The highest BCUT2D eigenvalue weighted by molar-refractivity contribution is 5.68. The molecule has 0 aliphatic heterocycles. The molecule has 21 heavy (non-hydrogen) atoms. The number of aromatic nitrogens is 3. The number of aliphatic hydroxyl groups excluding tert-OH is 3. The standard InChI is InChI=1S/C12H21N3O6/c1-2-21-11(19)4-15-3-10(13-14-15)5-20-9-12(6-16,7-17)8-18/h3,16-18H,2,4-9H2,1H3. The highest BCUT2D eigenvalue weighted by atomic mass is 16.5. The Labute approximate surface area is 122 Å². The van der Waals surface area contributed by atoms with Gasteiger partial charge in [0.1, 0.15) is 12.2 Å². The van der Waals surface area contributed by atoms with Gasteiger partial charge in [0.25, 0.3) is 0 Å². The van der Waals surface area contributed by atoms with Crippen LogP contribution in [0.2, 0.25) is 0 Å². The Morgan fingerprint density at radius 2 is 2.00 bits per heavy atom. The zero-order valence-corrected chi connectivity index (χ0v) is 11.9. The fourth-order valence-electron chi connectivity index (χ4n) is 1.48. The fourth-order valence-corrected chi connectivity index (χ4v) is 1.48. The normalized spacial score (nSPS) is 11.6. The molecule has 0 bridgehead atoms. The summed E-state index contributed by atoms with van der Waals surface area (Å²) < 4.78 is 11.4. The predicted octanol–water partition coefficient (Wildman–Crippen LogP) is -1.68. The average molecular weight is 303 g/mol. The maximum Gasteiger partial charge on any atom is 0.327 e. The van der Waals surface area contributed by atoms with E-state index in [0.29, 0.717) is 12.3 Å². The Kier molecular flexibility index (Phi) is 7.23. The van der Waals surface area contributed by atoms with Gasteiger partial charge in [-0.1, -0.05) is 5.21 Å². The van der Waals surface area contributed by atoms with Gasteiger partial charge in [0.05, 0.1) is 51.3 Å². The third kappa shape index (κ3) is 5.38. The number of ether oxygens (including phenoxy) is 2. The van der Waals surface area contributed by atoms with E-state index in [-0.39, 0.29) is 19.8 Å². The quantitative estimate of drug-likeness (QED) is 0.437. The second-order valence-corrected chi connectivity index (χ2v) is 4.68. The van der Waals surface area contributed by atoms with Crippen LogP contribution in [-0.2, 0) is 27.4 Å². The molecule has 1 heterocycles. The number of rotatable bonds is 10. The highest BCUT2D eigenvalue weighted by Crippen LogP contribution is 2.15. The van der Waals surface area contributed by atoms with Crippen molar-refractivity contribution >= 4 is 5.97 Å². The maximum atomic E-state index is 11.3. The average Bonchev–Trinajstić information content (AvgIpc) is 2.92. The van der Waals surface area contributed by atoms with Gasteiger partial charge in [-0.15, -0.1) is 5.10 Å². The molecule has 0 spiro atoms. The molecule has 1 aromatic heterocycles. The van der Waals surface area contributed by atoms with Gasteiger partial charge in [0.15, 0.2) is 0 Å². The second kappa shape index (κ2) is 8.67. The Morgan fingerprint density at radius 1 is 1.33 bits per heavy atom. The van der Waals surface area contributed by atoms with Crippen LogP contribution in [-0.4, -0.2) is 69.3 Å². The molecule has 0 saturated carbocycles. The lowest BCUT2D eigenvalue weighted by atomic mass is 9.93. The minimum absolute atomic E-state index is 0.0266. The molecular weight excluding hydrogens is 282 g/mol. The third-order valence-electron chi connectivity index (χ3n) is 2.85. The number of hydrogen-bond donors (Lipinski definition) is 3. The summed E-state index contributed by atoms with van der Waals surface area (Å²) in [6.45, 7) is 0.866. The first-order valence-corrected chi connectivity index (χ1v) is 6.54. The Balaban J connectivity index is 2.43. The van der Waals surface area contributed by atoms with Gasteiger partial charge in [-0.2, -0.15) is 0 Å². The van der Waals surface area contributed by atoms with Crippen molar-refractivity contribution in [3.8, 4) is 0 Å². The van der Waals surface area contributed by atoms with E-state index in [1.165, 1.54) is 10.9 Å². The number of esters is 1. The molecule has 9 heteroatoms. The number of aliphatic hydroxyl groups is 3.